The maximum absolute atomic E-state index is 5.84. The first-order chi connectivity index (χ1) is 8.19. The third kappa shape index (κ3) is 3.31. The second-order valence-corrected chi connectivity index (χ2v) is 4.72. The molecule has 1 aromatic heterocycles. The minimum absolute atomic E-state index is 0.298. The van der Waals surface area contributed by atoms with Gasteiger partial charge in [-0.2, -0.15) is 0 Å². The predicted molar refractivity (Wildman–Crippen MR) is 70.8 cm³/mol. The first-order valence-corrected chi connectivity index (χ1v) is 6.39. The second-order valence-electron chi connectivity index (χ2n) is 3.16. The molecule has 1 heterocycles. The molecule has 2 rings (SSSR count). The molecule has 0 aliphatic carbocycles. The smallest absolute Gasteiger partial charge is 0.238 e. The van der Waals surface area contributed by atoms with Gasteiger partial charge in [-0.3, -0.25) is 4.98 Å². The van der Waals surface area contributed by atoms with Crippen LogP contribution in [0.4, 0.5) is 0 Å². The standard InChI is InChI=1S/C11H7BrCl2N2O/c12-9-3-7(14)1-2-10(9)17-11-6-15-5-8(4-13)16-11/h1-3,5-6H,4H2. The molecule has 0 radical (unpaired) electrons. The summed E-state index contributed by atoms with van der Waals surface area (Å²) in [5.41, 5.74) is 0.661. The molecule has 0 fully saturated rings. The van der Waals surface area contributed by atoms with Crippen LogP contribution in [0.25, 0.3) is 0 Å². The highest BCUT2D eigenvalue weighted by Crippen LogP contribution is 2.30. The van der Waals surface area contributed by atoms with Crippen LogP contribution in [-0.4, -0.2) is 9.97 Å². The summed E-state index contributed by atoms with van der Waals surface area (Å²) in [4.78, 5) is 8.17. The molecule has 2 aromatic rings. The zero-order chi connectivity index (χ0) is 12.3. The van der Waals surface area contributed by atoms with E-state index in [2.05, 4.69) is 25.9 Å². The third-order valence-electron chi connectivity index (χ3n) is 1.91. The zero-order valence-electron chi connectivity index (χ0n) is 8.53. The molecule has 88 valence electrons. The predicted octanol–water partition coefficient (Wildman–Crippen LogP) is 4.42. The van der Waals surface area contributed by atoms with Crippen LogP contribution in [0, 0.1) is 0 Å². The molecule has 0 saturated heterocycles. The van der Waals surface area contributed by atoms with Crippen molar-refractivity contribution in [2.75, 3.05) is 0 Å². The molecule has 0 atom stereocenters. The minimum atomic E-state index is 0.298. The monoisotopic (exact) mass is 332 g/mol. The molecule has 0 aliphatic heterocycles. The molecule has 1 aromatic carbocycles. The topological polar surface area (TPSA) is 35.0 Å². The molecule has 6 heteroatoms. The van der Waals surface area contributed by atoms with Gasteiger partial charge in [-0.25, -0.2) is 4.98 Å². The van der Waals surface area contributed by atoms with Gasteiger partial charge in [0.1, 0.15) is 5.75 Å². The number of ether oxygens (including phenoxy) is 1. The first-order valence-electron chi connectivity index (χ1n) is 4.69. The van der Waals surface area contributed by atoms with Crippen molar-refractivity contribution in [1.82, 2.24) is 9.97 Å². The highest BCUT2D eigenvalue weighted by molar-refractivity contribution is 9.10. The van der Waals surface area contributed by atoms with Gasteiger partial charge in [-0.15, -0.1) is 11.6 Å². The van der Waals surface area contributed by atoms with E-state index < -0.39 is 0 Å². The fourth-order valence-electron chi connectivity index (χ4n) is 1.17. The largest absolute Gasteiger partial charge is 0.436 e. The van der Waals surface area contributed by atoms with Crippen molar-refractivity contribution in [1.29, 1.82) is 0 Å². The van der Waals surface area contributed by atoms with Crippen LogP contribution in [0.15, 0.2) is 35.1 Å². The Morgan fingerprint density at radius 1 is 1.29 bits per heavy atom. The molecular formula is C11H7BrCl2N2O. The molecule has 0 aliphatic rings. The summed E-state index contributed by atoms with van der Waals surface area (Å²) in [5, 5.41) is 0.629. The Morgan fingerprint density at radius 3 is 2.82 bits per heavy atom. The Morgan fingerprint density at radius 2 is 2.12 bits per heavy atom. The van der Waals surface area contributed by atoms with Crippen LogP contribution < -0.4 is 4.74 Å². The fourth-order valence-corrected chi connectivity index (χ4v) is 2.06. The van der Waals surface area contributed by atoms with Crippen LogP contribution in [0.1, 0.15) is 5.69 Å². The summed E-state index contributed by atoms with van der Waals surface area (Å²) in [7, 11) is 0. The van der Waals surface area contributed by atoms with Gasteiger partial charge in [0.25, 0.3) is 0 Å². The van der Waals surface area contributed by atoms with Crippen molar-refractivity contribution in [2.24, 2.45) is 0 Å². The Hall–Kier alpha value is -0.840. The van der Waals surface area contributed by atoms with Gasteiger partial charge < -0.3 is 4.74 Å². The summed E-state index contributed by atoms with van der Waals surface area (Å²) in [6, 6.07) is 5.23. The van der Waals surface area contributed by atoms with E-state index in [9.17, 15) is 0 Å². The quantitative estimate of drug-likeness (QED) is 0.780. The first kappa shape index (κ1) is 12.6. The number of hydrogen-bond acceptors (Lipinski definition) is 3. The van der Waals surface area contributed by atoms with Crippen molar-refractivity contribution in [3.8, 4) is 11.6 Å². The van der Waals surface area contributed by atoms with Gasteiger partial charge in [0.2, 0.25) is 5.88 Å². The highest BCUT2D eigenvalue weighted by atomic mass is 79.9. The van der Waals surface area contributed by atoms with Crippen molar-refractivity contribution < 1.29 is 4.74 Å². The number of hydrogen-bond donors (Lipinski definition) is 0. The van der Waals surface area contributed by atoms with Gasteiger partial charge in [-0.05, 0) is 34.1 Å². The lowest BCUT2D eigenvalue weighted by Crippen LogP contribution is -1.93. The van der Waals surface area contributed by atoms with E-state index in [0.29, 0.717) is 28.2 Å². The minimum Gasteiger partial charge on any atom is -0.436 e. The Balaban J connectivity index is 2.25. The lowest BCUT2D eigenvalue weighted by atomic mass is 10.3. The van der Waals surface area contributed by atoms with E-state index in [1.54, 1.807) is 24.4 Å². The molecule has 0 bridgehead atoms. The van der Waals surface area contributed by atoms with Gasteiger partial charge in [0.15, 0.2) is 0 Å². The van der Waals surface area contributed by atoms with Crippen LogP contribution in [0.5, 0.6) is 11.6 Å². The summed E-state index contributed by atoms with van der Waals surface area (Å²) in [6.07, 6.45) is 3.12. The van der Waals surface area contributed by atoms with E-state index in [1.807, 2.05) is 0 Å². The SMILES string of the molecule is ClCc1cncc(Oc2ccc(Cl)cc2Br)n1. The molecule has 0 unspecified atom stereocenters. The summed E-state index contributed by atoms with van der Waals surface area (Å²) >= 11 is 14.9. The van der Waals surface area contributed by atoms with E-state index >= 15 is 0 Å². The molecule has 3 nitrogen and oxygen atoms in total. The van der Waals surface area contributed by atoms with Crippen molar-refractivity contribution in [2.45, 2.75) is 5.88 Å². The van der Waals surface area contributed by atoms with Crippen molar-refractivity contribution >= 4 is 39.1 Å². The molecule has 0 spiro atoms. The fraction of sp³-hybridized carbons (Fsp3) is 0.0909. The van der Waals surface area contributed by atoms with Gasteiger partial charge in [-0.1, -0.05) is 11.6 Å². The average Bonchev–Trinajstić information content (AvgIpc) is 2.33. The van der Waals surface area contributed by atoms with Crippen LogP contribution in [-0.2, 0) is 5.88 Å². The van der Waals surface area contributed by atoms with E-state index in [-0.39, 0.29) is 0 Å². The lowest BCUT2D eigenvalue weighted by Gasteiger charge is -2.07. The number of aromatic nitrogens is 2. The van der Waals surface area contributed by atoms with Crippen molar-refractivity contribution in [3.63, 3.8) is 0 Å². The van der Waals surface area contributed by atoms with Crippen LogP contribution in [0.2, 0.25) is 5.02 Å². The zero-order valence-corrected chi connectivity index (χ0v) is 11.6. The Bertz CT molecular complexity index is 537. The number of halogens is 3. The van der Waals surface area contributed by atoms with Gasteiger partial charge in [0, 0.05) is 11.2 Å². The average molecular weight is 334 g/mol. The molecule has 0 saturated carbocycles. The summed E-state index contributed by atoms with van der Waals surface area (Å²) in [5.74, 6) is 1.31. The van der Waals surface area contributed by atoms with E-state index in [4.69, 9.17) is 27.9 Å². The molecular weight excluding hydrogens is 327 g/mol. The third-order valence-corrected chi connectivity index (χ3v) is 3.04. The number of rotatable bonds is 3. The van der Waals surface area contributed by atoms with Crippen LogP contribution in [0.3, 0.4) is 0 Å². The van der Waals surface area contributed by atoms with Crippen molar-refractivity contribution in [3.05, 3.63) is 45.8 Å². The van der Waals surface area contributed by atoms with Gasteiger partial charge in [0.05, 0.1) is 22.2 Å². The number of alkyl halides is 1. The Labute approximate surface area is 117 Å². The van der Waals surface area contributed by atoms with E-state index in [0.717, 1.165) is 4.47 Å². The lowest BCUT2D eigenvalue weighted by molar-refractivity contribution is 0.455. The maximum atomic E-state index is 5.84. The Kier molecular flexibility index (Phi) is 4.20. The number of benzene rings is 1. The van der Waals surface area contributed by atoms with E-state index in [1.165, 1.54) is 6.20 Å². The summed E-state index contributed by atoms with van der Waals surface area (Å²) in [6.45, 7) is 0. The normalized spacial score (nSPS) is 10.3. The molecule has 0 N–H and O–H groups in total. The summed E-state index contributed by atoms with van der Waals surface area (Å²) < 4.78 is 6.32. The highest BCUT2D eigenvalue weighted by Gasteiger charge is 2.05. The number of nitrogens with zero attached hydrogens (tertiary/aromatic N) is 2. The second kappa shape index (κ2) is 5.67. The maximum Gasteiger partial charge on any atom is 0.238 e. The molecule has 0 amide bonds. The molecule has 17 heavy (non-hydrogen) atoms. The van der Waals surface area contributed by atoms with Gasteiger partial charge >= 0.3 is 0 Å². The van der Waals surface area contributed by atoms with Crippen LogP contribution >= 0.6 is 39.1 Å².